The summed E-state index contributed by atoms with van der Waals surface area (Å²) >= 11 is 0. The van der Waals surface area contributed by atoms with Crippen LogP contribution >= 0.6 is 0 Å². The normalized spacial score (nSPS) is 21.0. The van der Waals surface area contributed by atoms with E-state index in [0.29, 0.717) is 6.10 Å². The molecule has 1 unspecified atom stereocenters. The number of nitrogens with one attached hydrogen (secondary N) is 2. The molecule has 1 atom stereocenters. The Morgan fingerprint density at radius 3 is 3.14 bits per heavy atom. The van der Waals surface area contributed by atoms with Crippen molar-refractivity contribution in [3.63, 3.8) is 0 Å². The van der Waals surface area contributed by atoms with Gasteiger partial charge in [0.2, 0.25) is 5.56 Å². The summed E-state index contributed by atoms with van der Waals surface area (Å²) in [6.45, 7) is 1.68. The van der Waals surface area contributed by atoms with Crippen molar-refractivity contribution in [3.8, 4) is 0 Å². The summed E-state index contributed by atoms with van der Waals surface area (Å²) in [6.07, 6.45) is 4.27. The second-order valence-electron chi connectivity index (χ2n) is 3.46. The molecule has 0 amide bonds. The lowest BCUT2D eigenvalue weighted by atomic mass is 10.2. The number of hydrogen-bond acceptors (Lipinski definition) is 3. The summed E-state index contributed by atoms with van der Waals surface area (Å²) in [5.41, 5.74) is 0.854. The van der Waals surface area contributed by atoms with Crippen LogP contribution in [0.3, 0.4) is 0 Å². The zero-order valence-corrected chi connectivity index (χ0v) is 7.95. The number of ether oxygens (including phenoxy) is 1. The first-order chi connectivity index (χ1) is 6.84. The molecule has 2 rings (SSSR count). The third kappa shape index (κ3) is 2.35. The number of aromatic amines is 1. The minimum Gasteiger partial charge on any atom is -0.381 e. The molecule has 4 heteroatoms. The van der Waals surface area contributed by atoms with E-state index in [-0.39, 0.29) is 5.56 Å². The van der Waals surface area contributed by atoms with Crippen LogP contribution < -0.4 is 10.9 Å². The second-order valence-corrected chi connectivity index (χ2v) is 3.46. The molecular weight excluding hydrogens is 180 g/mol. The number of rotatable bonds is 3. The SMILES string of the molecule is O=c1ccc(NCC2CCCO2)c[nH]1. The van der Waals surface area contributed by atoms with Gasteiger partial charge in [0.15, 0.2) is 0 Å². The monoisotopic (exact) mass is 194 g/mol. The molecule has 0 aliphatic carbocycles. The Morgan fingerprint density at radius 2 is 2.50 bits per heavy atom. The molecule has 0 bridgehead atoms. The Morgan fingerprint density at radius 1 is 1.57 bits per heavy atom. The Hall–Kier alpha value is -1.29. The van der Waals surface area contributed by atoms with Gasteiger partial charge in [-0.25, -0.2) is 0 Å². The minimum absolute atomic E-state index is 0.0762. The maximum atomic E-state index is 10.8. The van der Waals surface area contributed by atoms with Crippen molar-refractivity contribution in [3.05, 3.63) is 28.7 Å². The van der Waals surface area contributed by atoms with Crippen LogP contribution in [0.15, 0.2) is 23.1 Å². The molecule has 1 aliphatic heterocycles. The lowest BCUT2D eigenvalue weighted by Gasteiger charge is -2.11. The van der Waals surface area contributed by atoms with Crippen LogP contribution in [0.5, 0.6) is 0 Å². The van der Waals surface area contributed by atoms with Gasteiger partial charge in [0.1, 0.15) is 0 Å². The summed E-state index contributed by atoms with van der Waals surface area (Å²) < 4.78 is 5.46. The van der Waals surface area contributed by atoms with Crippen LogP contribution in [0, 0.1) is 0 Å². The Kier molecular flexibility index (Phi) is 2.84. The minimum atomic E-state index is -0.0762. The number of H-pyrrole nitrogens is 1. The van der Waals surface area contributed by atoms with E-state index in [1.165, 1.54) is 6.07 Å². The van der Waals surface area contributed by atoms with Crippen molar-refractivity contribution in [2.24, 2.45) is 0 Å². The number of hydrogen-bond donors (Lipinski definition) is 2. The van der Waals surface area contributed by atoms with Crippen LogP contribution in [0.25, 0.3) is 0 Å². The fourth-order valence-corrected chi connectivity index (χ4v) is 1.56. The van der Waals surface area contributed by atoms with E-state index >= 15 is 0 Å². The molecule has 0 radical (unpaired) electrons. The molecule has 1 aliphatic rings. The molecule has 2 N–H and O–H groups in total. The number of aromatic nitrogens is 1. The van der Waals surface area contributed by atoms with Crippen molar-refractivity contribution in [2.75, 3.05) is 18.5 Å². The summed E-state index contributed by atoms with van der Waals surface area (Å²) in [4.78, 5) is 13.4. The number of anilines is 1. The van der Waals surface area contributed by atoms with Crippen molar-refractivity contribution >= 4 is 5.69 Å². The summed E-state index contributed by atoms with van der Waals surface area (Å²) in [5, 5.41) is 3.22. The van der Waals surface area contributed by atoms with Crippen molar-refractivity contribution in [1.29, 1.82) is 0 Å². The second kappa shape index (κ2) is 4.28. The lowest BCUT2D eigenvalue weighted by Crippen LogP contribution is -2.18. The quantitative estimate of drug-likeness (QED) is 0.753. The standard InChI is InChI=1S/C10H14N2O2/c13-10-4-3-8(6-12-10)11-7-9-2-1-5-14-9/h3-4,6,9,11H,1-2,5,7H2,(H,12,13). The van der Waals surface area contributed by atoms with Crippen LogP contribution in [0.2, 0.25) is 0 Å². The average molecular weight is 194 g/mol. The highest BCUT2D eigenvalue weighted by molar-refractivity contribution is 5.39. The molecule has 1 aromatic heterocycles. The van der Waals surface area contributed by atoms with Gasteiger partial charge in [0.05, 0.1) is 11.8 Å². The molecule has 4 nitrogen and oxygen atoms in total. The first kappa shape index (κ1) is 9.27. The van der Waals surface area contributed by atoms with Crippen molar-refractivity contribution in [1.82, 2.24) is 4.98 Å². The van der Waals surface area contributed by atoms with Gasteiger partial charge in [-0.15, -0.1) is 0 Å². The van der Waals surface area contributed by atoms with Gasteiger partial charge in [-0.05, 0) is 18.9 Å². The highest BCUT2D eigenvalue weighted by Gasteiger charge is 2.14. The Bertz CT molecular complexity index is 322. The molecule has 1 fully saturated rings. The summed E-state index contributed by atoms with van der Waals surface area (Å²) in [6, 6.07) is 3.28. The summed E-state index contributed by atoms with van der Waals surface area (Å²) in [5.74, 6) is 0. The van der Waals surface area contributed by atoms with Crippen LogP contribution in [0.1, 0.15) is 12.8 Å². The maximum absolute atomic E-state index is 10.8. The van der Waals surface area contributed by atoms with Gasteiger partial charge in [-0.3, -0.25) is 4.79 Å². The van der Waals surface area contributed by atoms with Gasteiger partial charge in [-0.2, -0.15) is 0 Å². The molecule has 14 heavy (non-hydrogen) atoms. The first-order valence-corrected chi connectivity index (χ1v) is 4.89. The first-order valence-electron chi connectivity index (χ1n) is 4.89. The van der Waals surface area contributed by atoms with Crippen LogP contribution in [0.4, 0.5) is 5.69 Å². The van der Waals surface area contributed by atoms with E-state index in [0.717, 1.165) is 31.7 Å². The lowest BCUT2D eigenvalue weighted by molar-refractivity contribution is 0.120. The van der Waals surface area contributed by atoms with Crippen molar-refractivity contribution < 1.29 is 4.74 Å². The zero-order valence-electron chi connectivity index (χ0n) is 7.95. The molecule has 1 aromatic rings. The van der Waals surface area contributed by atoms with E-state index in [1.807, 2.05) is 0 Å². The third-order valence-electron chi connectivity index (χ3n) is 2.34. The van der Waals surface area contributed by atoms with E-state index in [4.69, 9.17) is 4.74 Å². The van der Waals surface area contributed by atoms with Crippen LogP contribution in [-0.4, -0.2) is 24.2 Å². The highest BCUT2D eigenvalue weighted by Crippen LogP contribution is 2.12. The molecule has 0 aromatic carbocycles. The predicted molar refractivity (Wildman–Crippen MR) is 54.5 cm³/mol. The Labute approximate surface area is 82.3 Å². The van der Waals surface area contributed by atoms with E-state index in [1.54, 1.807) is 12.3 Å². The third-order valence-corrected chi connectivity index (χ3v) is 2.34. The van der Waals surface area contributed by atoms with E-state index < -0.39 is 0 Å². The Balaban J connectivity index is 1.85. The largest absolute Gasteiger partial charge is 0.381 e. The zero-order chi connectivity index (χ0) is 9.80. The maximum Gasteiger partial charge on any atom is 0.248 e. The van der Waals surface area contributed by atoms with Gasteiger partial charge >= 0.3 is 0 Å². The molecule has 2 heterocycles. The van der Waals surface area contributed by atoms with Gasteiger partial charge < -0.3 is 15.0 Å². The number of pyridine rings is 1. The topological polar surface area (TPSA) is 54.1 Å². The van der Waals surface area contributed by atoms with E-state index in [2.05, 4.69) is 10.3 Å². The van der Waals surface area contributed by atoms with Gasteiger partial charge in [0, 0.05) is 25.4 Å². The molecular formula is C10H14N2O2. The fraction of sp³-hybridized carbons (Fsp3) is 0.500. The van der Waals surface area contributed by atoms with Gasteiger partial charge in [-0.1, -0.05) is 0 Å². The molecule has 0 spiro atoms. The molecule has 1 saturated heterocycles. The average Bonchev–Trinajstić information content (AvgIpc) is 2.70. The predicted octanol–water partition coefficient (Wildman–Crippen LogP) is 0.966. The fourth-order valence-electron chi connectivity index (χ4n) is 1.56. The van der Waals surface area contributed by atoms with E-state index in [9.17, 15) is 4.79 Å². The van der Waals surface area contributed by atoms with Crippen LogP contribution in [-0.2, 0) is 4.74 Å². The van der Waals surface area contributed by atoms with Gasteiger partial charge in [0.25, 0.3) is 0 Å². The molecule has 76 valence electrons. The summed E-state index contributed by atoms with van der Waals surface area (Å²) in [7, 11) is 0. The highest BCUT2D eigenvalue weighted by atomic mass is 16.5. The smallest absolute Gasteiger partial charge is 0.248 e. The van der Waals surface area contributed by atoms with Crippen molar-refractivity contribution in [2.45, 2.75) is 18.9 Å². The molecule has 0 saturated carbocycles.